The molecule has 162 valence electrons. The van der Waals surface area contributed by atoms with Crippen LogP contribution in [0.25, 0.3) is 5.69 Å². The van der Waals surface area contributed by atoms with Crippen molar-refractivity contribution in [1.29, 1.82) is 0 Å². The topological polar surface area (TPSA) is 99.8 Å². The van der Waals surface area contributed by atoms with Gasteiger partial charge in [0.2, 0.25) is 0 Å². The number of carboxylic acids is 2. The predicted octanol–water partition coefficient (Wildman–Crippen LogP) is 3.99. The minimum atomic E-state index is -1.06. The molecule has 1 aliphatic rings. The Morgan fingerprint density at radius 2 is 1.65 bits per heavy atom. The highest BCUT2D eigenvalue weighted by Gasteiger charge is 2.24. The Balaban J connectivity index is 1.98. The van der Waals surface area contributed by atoms with E-state index in [1.807, 2.05) is 37.5 Å². The van der Waals surface area contributed by atoms with E-state index in [9.17, 15) is 19.5 Å². The molecule has 7 nitrogen and oxygen atoms in total. The number of hydrogen-bond donors (Lipinski definition) is 2. The zero-order valence-electron chi connectivity index (χ0n) is 18.1. The molecule has 2 aromatic rings. The lowest BCUT2D eigenvalue weighted by Crippen LogP contribution is -2.36. The van der Waals surface area contributed by atoms with E-state index >= 15 is 0 Å². The van der Waals surface area contributed by atoms with Gasteiger partial charge in [0, 0.05) is 35.6 Å². The lowest BCUT2D eigenvalue weighted by Gasteiger charge is -2.29. The summed E-state index contributed by atoms with van der Waals surface area (Å²) in [5, 5.41) is 18.8. The van der Waals surface area contributed by atoms with Crippen molar-refractivity contribution < 1.29 is 24.6 Å². The first kappa shape index (κ1) is 22.1. The summed E-state index contributed by atoms with van der Waals surface area (Å²) in [7, 11) is 0. The van der Waals surface area contributed by atoms with E-state index in [0.29, 0.717) is 30.8 Å². The van der Waals surface area contributed by atoms with E-state index in [2.05, 4.69) is 0 Å². The number of hydrogen-bond acceptors (Lipinski definition) is 3. The molecule has 0 saturated heterocycles. The number of rotatable bonds is 5. The molecule has 0 spiro atoms. The van der Waals surface area contributed by atoms with E-state index in [4.69, 9.17) is 5.11 Å². The number of carbonyl (C=O) groups is 3. The van der Waals surface area contributed by atoms with Crippen LogP contribution in [-0.4, -0.2) is 50.6 Å². The van der Waals surface area contributed by atoms with Gasteiger partial charge in [-0.15, -0.1) is 0 Å². The summed E-state index contributed by atoms with van der Waals surface area (Å²) < 4.78 is 1.82. The smallest absolute Gasteiger partial charge is 0.337 e. The van der Waals surface area contributed by atoms with Crippen LogP contribution in [0.4, 0.5) is 0 Å². The van der Waals surface area contributed by atoms with Gasteiger partial charge in [-0.3, -0.25) is 4.79 Å². The number of aromatic nitrogens is 1. The van der Waals surface area contributed by atoms with Gasteiger partial charge in [0.1, 0.15) is 0 Å². The van der Waals surface area contributed by atoms with Crippen molar-refractivity contribution in [3.63, 3.8) is 0 Å². The number of aromatic carboxylic acids is 1. The molecule has 7 heteroatoms. The highest BCUT2D eigenvalue weighted by atomic mass is 16.4. The first-order valence-corrected chi connectivity index (χ1v) is 10.0. The number of amides is 1. The second-order valence-electron chi connectivity index (χ2n) is 7.90. The summed E-state index contributed by atoms with van der Waals surface area (Å²) in [5.74, 6) is -2.27. The molecule has 1 aromatic carbocycles. The fourth-order valence-corrected chi connectivity index (χ4v) is 3.81. The monoisotopic (exact) mass is 422 g/mol. The molecule has 1 aliphatic heterocycles. The highest BCUT2D eigenvalue weighted by Crippen LogP contribution is 2.25. The molecule has 1 aromatic heterocycles. The summed E-state index contributed by atoms with van der Waals surface area (Å²) in [6.07, 6.45) is 2.27. The van der Waals surface area contributed by atoms with Gasteiger partial charge < -0.3 is 19.7 Å². The number of nitrogens with zero attached hydrogens (tertiary/aromatic N) is 2. The summed E-state index contributed by atoms with van der Waals surface area (Å²) in [4.78, 5) is 37.9. The molecule has 0 fully saturated rings. The summed E-state index contributed by atoms with van der Waals surface area (Å²) in [6.45, 7) is 8.07. The van der Waals surface area contributed by atoms with E-state index in [1.54, 1.807) is 17.0 Å². The quantitative estimate of drug-likeness (QED) is 0.710. The molecule has 3 rings (SSSR count). The normalized spacial score (nSPS) is 14.7. The molecule has 0 unspecified atom stereocenters. The first-order valence-electron chi connectivity index (χ1n) is 10.0. The van der Waals surface area contributed by atoms with E-state index in [0.717, 1.165) is 22.5 Å². The number of aliphatic carboxylic acids is 1. The Morgan fingerprint density at radius 3 is 2.23 bits per heavy atom. The maximum atomic E-state index is 13.3. The van der Waals surface area contributed by atoms with Gasteiger partial charge in [0.15, 0.2) is 0 Å². The fourth-order valence-electron chi connectivity index (χ4n) is 3.81. The predicted molar refractivity (Wildman–Crippen MR) is 117 cm³/mol. The summed E-state index contributed by atoms with van der Waals surface area (Å²) >= 11 is 0. The van der Waals surface area contributed by atoms with Crippen LogP contribution < -0.4 is 0 Å². The van der Waals surface area contributed by atoms with Crippen molar-refractivity contribution in [3.8, 4) is 5.69 Å². The van der Waals surface area contributed by atoms with Crippen LogP contribution in [0.1, 0.15) is 52.4 Å². The SMILES string of the molecule is CC(=CC1=C(C)CCN(C(=O)c2ccc(C(=O)O)c(-n3c(C)ccc3C)c2)C1)C(=O)O. The van der Waals surface area contributed by atoms with E-state index in [-0.39, 0.29) is 17.0 Å². The number of benzene rings is 1. The zero-order chi connectivity index (χ0) is 22.9. The Labute approximate surface area is 180 Å². The number of carboxylic acid groups (broad SMARTS) is 2. The molecule has 31 heavy (non-hydrogen) atoms. The Hall–Kier alpha value is -3.61. The summed E-state index contributed by atoms with van der Waals surface area (Å²) in [6, 6.07) is 8.42. The van der Waals surface area contributed by atoms with Crippen molar-refractivity contribution in [3.05, 3.63) is 75.6 Å². The van der Waals surface area contributed by atoms with Crippen LogP contribution in [0, 0.1) is 13.8 Å². The van der Waals surface area contributed by atoms with Gasteiger partial charge in [-0.1, -0.05) is 5.57 Å². The van der Waals surface area contributed by atoms with E-state index in [1.165, 1.54) is 19.1 Å². The third-order valence-electron chi connectivity index (χ3n) is 5.67. The number of carbonyl (C=O) groups excluding carboxylic acids is 1. The second-order valence-corrected chi connectivity index (χ2v) is 7.90. The van der Waals surface area contributed by atoms with Crippen molar-refractivity contribution in [2.75, 3.05) is 13.1 Å². The highest BCUT2D eigenvalue weighted by molar-refractivity contribution is 5.98. The Morgan fingerprint density at radius 1 is 1.00 bits per heavy atom. The van der Waals surface area contributed by atoms with Crippen LogP contribution in [0.5, 0.6) is 0 Å². The van der Waals surface area contributed by atoms with Crippen LogP contribution in [0.2, 0.25) is 0 Å². The van der Waals surface area contributed by atoms with Crippen molar-refractivity contribution in [2.24, 2.45) is 0 Å². The maximum Gasteiger partial charge on any atom is 0.337 e. The lowest BCUT2D eigenvalue weighted by molar-refractivity contribution is -0.132. The molecular formula is C24H26N2O5. The van der Waals surface area contributed by atoms with Gasteiger partial charge in [-0.2, -0.15) is 0 Å². The van der Waals surface area contributed by atoms with Crippen LogP contribution >= 0.6 is 0 Å². The van der Waals surface area contributed by atoms with Gasteiger partial charge >= 0.3 is 11.9 Å². The van der Waals surface area contributed by atoms with Crippen molar-refractivity contribution >= 4 is 17.8 Å². The molecule has 0 aliphatic carbocycles. The third-order valence-corrected chi connectivity index (χ3v) is 5.67. The molecule has 0 atom stereocenters. The first-order chi connectivity index (χ1) is 14.6. The van der Waals surface area contributed by atoms with Gasteiger partial charge in [-0.05, 0) is 76.1 Å². The molecule has 0 saturated carbocycles. The Kier molecular flexibility index (Phi) is 6.15. The third kappa shape index (κ3) is 4.45. The van der Waals surface area contributed by atoms with Crippen molar-refractivity contribution in [1.82, 2.24) is 9.47 Å². The minimum absolute atomic E-state index is 0.119. The van der Waals surface area contributed by atoms with E-state index < -0.39 is 11.9 Å². The zero-order valence-corrected chi connectivity index (χ0v) is 18.1. The molecule has 1 amide bonds. The second kappa shape index (κ2) is 8.63. The molecular weight excluding hydrogens is 396 g/mol. The van der Waals surface area contributed by atoms with Crippen LogP contribution in [0.3, 0.4) is 0 Å². The minimum Gasteiger partial charge on any atom is -0.478 e. The molecule has 2 heterocycles. The molecule has 0 bridgehead atoms. The summed E-state index contributed by atoms with van der Waals surface area (Å²) in [5.41, 5.74) is 4.80. The standard InChI is InChI=1S/C24H26N2O5/c1-14-9-10-25(13-19(14)11-15(2)23(28)29)22(27)18-7-8-20(24(30)31)21(12-18)26-16(3)5-6-17(26)4/h5-8,11-12H,9-10,13H2,1-4H3,(H,28,29)(H,30,31). The lowest BCUT2D eigenvalue weighted by atomic mass is 9.98. The average Bonchev–Trinajstić information content (AvgIpc) is 3.06. The Bertz CT molecular complexity index is 1120. The van der Waals surface area contributed by atoms with Crippen LogP contribution in [0.15, 0.2) is 53.1 Å². The van der Waals surface area contributed by atoms with Crippen LogP contribution in [-0.2, 0) is 4.79 Å². The molecule has 2 N–H and O–H groups in total. The number of aryl methyl sites for hydroxylation is 2. The van der Waals surface area contributed by atoms with Gasteiger partial charge in [-0.25, -0.2) is 9.59 Å². The van der Waals surface area contributed by atoms with Gasteiger partial charge in [0.25, 0.3) is 5.91 Å². The molecule has 0 radical (unpaired) electrons. The van der Waals surface area contributed by atoms with Gasteiger partial charge in [0.05, 0.1) is 11.3 Å². The maximum absolute atomic E-state index is 13.3. The average molecular weight is 422 g/mol. The fraction of sp³-hybridized carbons (Fsp3) is 0.292. The van der Waals surface area contributed by atoms with Crippen molar-refractivity contribution in [2.45, 2.75) is 34.1 Å². The largest absolute Gasteiger partial charge is 0.478 e.